The van der Waals surface area contributed by atoms with Gasteiger partial charge in [0.2, 0.25) is 5.91 Å². The average molecular weight is 425 g/mol. The average Bonchev–Trinajstić information content (AvgIpc) is 2.79. The monoisotopic (exact) mass is 424 g/mol. The van der Waals surface area contributed by atoms with E-state index in [-0.39, 0.29) is 5.91 Å². The van der Waals surface area contributed by atoms with E-state index in [1.54, 1.807) is 0 Å². The van der Waals surface area contributed by atoms with E-state index in [0.29, 0.717) is 11.4 Å². The van der Waals surface area contributed by atoms with Gasteiger partial charge in [-0.1, -0.05) is 24.3 Å². The summed E-state index contributed by atoms with van der Waals surface area (Å²) in [5.74, 6) is 2.91. The number of carbonyl (C=O) groups excluding carboxylic acids is 1. The van der Waals surface area contributed by atoms with Crippen LogP contribution in [0.3, 0.4) is 0 Å². The maximum Gasteiger partial charge on any atom is 0.221 e. The Labute approximate surface area is 187 Å². The molecule has 5 heteroatoms. The Morgan fingerprint density at radius 1 is 0.656 bits per heavy atom. The quantitative estimate of drug-likeness (QED) is 0.337. The lowest BCUT2D eigenvalue weighted by molar-refractivity contribution is -0.114. The molecule has 0 heterocycles. The molecule has 0 fully saturated rings. The van der Waals surface area contributed by atoms with E-state index in [1.165, 1.54) is 18.1 Å². The van der Waals surface area contributed by atoms with Crippen molar-refractivity contribution in [3.05, 3.63) is 108 Å². The van der Waals surface area contributed by atoms with Crippen LogP contribution in [0.2, 0.25) is 0 Å². The van der Waals surface area contributed by atoms with Crippen LogP contribution in [0.5, 0.6) is 23.0 Å². The Kier molecular flexibility index (Phi) is 6.37. The van der Waals surface area contributed by atoms with Gasteiger partial charge in [0.05, 0.1) is 0 Å². The Balaban J connectivity index is 1.33. The molecule has 1 amide bonds. The third kappa shape index (κ3) is 5.89. The van der Waals surface area contributed by atoms with Crippen LogP contribution in [0.25, 0.3) is 0 Å². The van der Waals surface area contributed by atoms with Crippen LogP contribution in [0, 0.1) is 0 Å². The molecule has 0 unspecified atom stereocenters. The topological polar surface area (TPSA) is 73.6 Å². The van der Waals surface area contributed by atoms with Crippen molar-refractivity contribution in [3.8, 4) is 23.0 Å². The molecule has 0 saturated heterocycles. The first-order valence-electron chi connectivity index (χ1n) is 10.3. The number of nitrogens with two attached hydrogens (primary N) is 1. The highest BCUT2D eigenvalue weighted by molar-refractivity contribution is 5.88. The Hall–Kier alpha value is -4.25. The molecule has 32 heavy (non-hydrogen) atoms. The number of amides is 1. The molecule has 0 bridgehead atoms. The minimum atomic E-state index is -0.0989. The van der Waals surface area contributed by atoms with Crippen molar-refractivity contribution in [2.45, 2.75) is 13.3 Å². The molecule has 0 aliphatic heterocycles. The molecule has 0 aliphatic carbocycles. The molecule has 0 spiro atoms. The fourth-order valence-electron chi connectivity index (χ4n) is 3.20. The summed E-state index contributed by atoms with van der Waals surface area (Å²) in [4.78, 5) is 11.1. The summed E-state index contributed by atoms with van der Waals surface area (Å²) in [5, 5.41) is 2.74. The van der Waals surface area contributed by atoms with Gasteiger partial charge in [-0.2, -0.15) is 0 Å². The van der Waals surface area contributed by atoms with Crippen molar-refractivity contribution >= 4 is 17.3 Å². The number of nitrogen functional groups attached to an aromatic ring is 1. The van der Waals surface area contributed by atoms with Crippen LogP contribution in [0.1, 0.15) is 18.1 Å². The first kappa shape index (κ1) is 21.0. The van der Waals surface area contributed by atoms with Gasteiger partial charge in [0.25, 0.3) is 0 Å². The van der Waals surface area contributed by atoms with Crippen molar-refractivity contribution in [3.63, 3.8) is 0 Å². The standard InChI is InChI=1S/C27H24N2O3/c1-19(30)29-23-8-16-27(17-9-23)32-25-12-4-21(5-13-25)18-20-2-10-24(11-3-20)31-26-14-6-22(28)7-15-26/h2-17H,18,28H2,1H3,(H,29,30). The lowest BCUT2D eigenvalue weighted by Gasteiger charge is -2.09. The molecule has 4 aromatic rings. The summed E-state index contributed by atoms with van der Waals surface area (Å²) in [6.07, 6.45) is 0.813. The van der Waals surface area contributed by atoms with Crippen molar-refractivity contribution in [2.24, 2.45) is 0 Å². The minimum absolute atomic E-state index is 0.0989. The van der Waals surface area contributed by atoms with Crippen LogP contribution in [-0.4, -0.2) is 5.91 Å². The maximum atomic E-state index is 11.1. The Morgan fingerprint density at radius 3 is 1.44 bits per heavy atom. The predicted molar refractivity (Wildman–Crippen MR) is 127 cm³/mol. The van der Waals surface area contributed by atoms with Gasteiger partial charge in [0.1, 0.15) is 23.0 Å². The second-order valence-electron chi connectivity index (χ2n) is 7.44. The highest BCUT2D eigenvalue weighted by Crippen LogP contribution is 2.25. The third-order valence-corrected chi connectivity index (χ3v) is 4.78. The molecule has 3 N–H and O–H groups in total. The van der Waals surface area contributed by atoms with Gasteiger partial charge in [-0.25, -0.2) is 0 Å². The number of hydrogen-bond donors (Lipinski definition) is 2. The number of hydrogen-bond acceptors (Lipinski definition) is 4. The van der Waals surface area contributed by atoms with Gasteiger partial charge < -0.3 is 20.5 Å². The first-order chi connectivity index (χ1) is 15.5. The molecule has 160 valence electrons. The van der Waals surface area contributed by atoms with Crippen LogP contribution < -0.4 is 20.5 Å². The number of anilines is 2. The van der Waals surface area contributed by atoms with Gasteiger partial charge in [0, 0.05) is 18.3 Å². The molecule has 0 radical (unpaired) electrons. The molecule has 0 saturated carbocycles. The first-order valence-corrected chi connectivity index (χ1v) is 10.3. The number of ether oxygens (including phenoxy) is 2. The Morgan fingerprint density at radius 2 is 1.03 bits per heavy atom. The van der Waals surface area contributed by atoms with Crippen molar-refractivity contribution in [2.75, 3.05) is 11.1 Å². The van der Waals surface area contributed by atoms with Crippen molar-refractivity contribution in [1.82, 2.24) is 0 Å². The number of carbonyl (C=O) groups is 1. The zero-order chi connectivity index (χ0) is 22.3. The Bertz CT molecular complexity index is 1170. The lowest BCUT2D eigenvalue weighted by Crippen LogP contribution is -2.05. The predicted octanol–water partition coefficient (Wildman–Crippen LogP) is 6.40. The SMILES string of the molecule is CC(=O)Nc1ccc(Oc2ccc(Cc3ccc(Oc4ccc(N)cc4)cc3)cc2)cc1. The van der Waals surface area contributed by atoms with Crippen LogP contribution in [-0.2, 0) is 11.2 Å². The van der Waals surface area contributed by atoms with Crippen molar-refractivity contribution < 1.29 is 14.3 Å². The zero-order valence-electron chi connectivity index (χ0n) is 17.7. The second kappa shape index (κ2) is 9.71. The second-order valence-corrected chi connectivity index (χ2v) is 7.44. The summed E-state index contributed by atoms with van der Waals surface area (Å²) in [6, 6.07) is 30.7. The van der Waals surface area contributed by atoms with Crippen molar-refractivity contribution in [1.29, 1.82) is 0 Å². The van der Waals surface area contributed by atoms with E-state index in [1.807, 2.05) is 72.8 Å². The summed E-state index contributed by atoms with van der Waals surface area (Å²) in [6.45, 7) is 1.48. The number of nitrogens with one attached hydrogen (secondary N) is 1. The molecule has 0 aromatic heterocycles. The highest BCUT2D eigenvalue weighted by atomic mass is 16.5. The van der Waals surface area contributed by atoms with Gasteiger partial charge in [-0.05, 0) is 90.3 Å². The third-order valence-electron chi connectivity index (χ3n) is 4.78. The molecule has 0 atom stereocenters. The molecule has 5 nitrogen and oxygen atoms in total. The van der Waals surface area contributed by atoms with E-state index in [0.717, 1.165) is 29.4 Å². The minimum Gasteiger partial charge on any atom is -0.457 e. The van der Waals surface area contributed by atoms with Gasteiger partial charge in [-0.15, -0.1) is 0 Å². The maximum absolute atomic E-state index is 11.1. The van der Waals surface area contributed by atoms with E-state index in [9.17, 15) is 4.79 Å². The molecule has 4 aromatic carbocycles. The fourth-order valence-corrected chi connectivity index (χ4v) is 3.20. The number of benzene rings is 4. The van der Waals surface area contributed by atoms with E-state index in [2.05, 4.69) is 29.6 Å². The van der Waals surface area contributed by atoms with Gasteiger partial charge in [-0.3, -0.25) is 4.79 Å². The molecular formula is C27H24N2O3. The molecule has 4 rings (SSSR count). The summed E-state index contributed by atoms with van der Waals surface area (Å²) < 4.78 is 11.7. The number of rotatable bonds is 7. The fraction of sp³-hybridized carbons (Fsp3) is 0.0741. The van der Waals surface area contributed by atoms with Crippen LogP contribution in [0.4, 0.5) is 11.4 Å². The highest BCUT2D eigenvalue weighted by Gasteiger charge is 2.03. The normalized spacial score (nSPS) is 10.4. The molecule has 0 aliphatic rings. The summed E-state index contributed by atoms with van der Waals surface area (Å²) in [5.41, 5.74) is 9.53. The summed E-state index contributed by atoms with van der Waals surface area (Å²) in [7, 11) is 0. The smallest absolute Gasteiger partial charge is 0.221 e. The van der Waals surface area contributed by atoms with Gasteiger partial charge in [0.15, 0.2) is 0 Å². The van der Waals surface area contributed by atoms with E-state index >= 15 is 0 Å². The summed E-state index contributed by atoms with van der Waals surface area (Å²) >= 11 is 0. The van der Waals surface area contributed by atoms with Crippen LogP contribution in [0.15, 0.2) is 97.1 Å². The largest absolute Gasteiger partial charge is 0.457 e. The molecular weight excluding hydrogens is 400 g/mol. The van der Waals surface area contributed by atoms with Gasteiger partial charge >= 0.3 is 0 Å². The lowest BCUT2D eigenvalue weighted by atomic mass is 10.0. The van der Waals surface area contributed by atoms with Crippen LogP contribution >= 0.6 is 0 Å². The zero-order valence-corrected chi connectivity index (χ0v) is 17.7. The van der Waals surface area contributed by atoms with E-state index < -0.39 is 0 Å². The van der Waals surface area contributed by atoms with E-state index in [4.69, 9.17) is 15.2 Å².